The SMILES string of the molecule is CCCCCCCC/C=C/CC/C=C/CC/C=C/C(O)C(COP(=O)([O-])OCC[N+](C)(C)C)NC(=O)CCCCCCCCCCCCCCC/C=C\CCCCCCCCCC. The van der Waals surface area contributed by atoms with Crippen molar-refractivity contribution in [2.45, 2.75) is 251 Å². The van der Waals surface area contributed by atoms with Gasteiger partial charge in [0.15, 0.2) is 0 Å². The highest BCUT2D eigenvalue weighted by Crippen LogP contribution is 2.38. The molecule has 3 atom stereocenters. The van der Waals surface area contributed by atoms with Gasteiger partial charge in [-0.2, -0.15) is 0 Å². The molecule has 0 aliphatic rings. The molecule has 0 bridgehead atoms. The van der Waals surface area contributed by atoms with Gasteiger partial charge in [0.1, 0.15) is 13.2 Å². The summed E-state index contributed by atoms with van der Waals surface area (Å²) >= 11 is 0. The van der Waals surface area contributed by atoms with Crippen LogP contribution in [0.1, 0.15) is 239 Å². The van der Waals surface area contributed by atoms with Gasteiger partial charge in [-0.25, -0.2) is 0 Å². The van der Waals surface area contributed by atoms with Crippen molar-refractivity contribution in [3.63, 3.8) is 0 Å². The molecule has 63 heavy (non-hydrogen) atoms. The fourth-order valence-corrected chi connectivity index (χ4v) is 8.26. The van der Waals surface area contributed by atoms with Crippen molar-refractivity contribution in [3.05, 3.63) is 48.6 Å². The molecule has 0 aromatic carbocycles. The van der Waals surface area contributed by atoms with Crippen molar-refractivity contribution in [1.29, 1.82) is 0 Å². The first-order valence-corrected chi connectivity index (χ1v) is 28.0. The fraction of sp³-hybridized carbons (Fsp3) is 0.833. The van der Waals surface area contributed by atoms with E-state index < -0.39 is 26.6 Å². The number of amides is 1. The molecular formula is C54H103N2O6P. The van der Waals surface area contributed by atoms with Gasteiger partial charge in [0.2, 0.25) is 5.91 Å². The number of aliphatic hydroxyl groups excluding tert-OH is 1. The molecule has 0 aliphatic heterocycles. The monoisotopic (exact) mass is 907 g/mol. The summed E-state index contributed by atoms with van der Waals surface area (Å²) in [5.74, 6) is -0.211. The standard InChI is InChI=1S/C54H103N2O6P/c1-6-8-10-12-14-16-18-20-22-24-25-26-27-28-29-30-31-32-34-36-38-40-42-44-46-48-54(58)55-52(51-62-63(59,60)61-50-49-56(3,4)5)53(57)47-45-43-41-39-37-35-33-23-21-19-17-15-13-11-9-7-2/h21,23-25,37,39,45,47,52-53,57H,6-20,22,26-36,38,40-44,46,48-51H2,1-5H3,(H-,55,58,59,60)/b23-21+,25-24-,39-37+,47-45+. The van der Waals surface area contributed by atoms with Crippen LogP contribution < -0.4 is 10.2 Å². The summed E-state index contributed by atoms with van der Waals surface area (Å²) in [6, 6.07) is -0.909. The third-order valence-corrected chi connectivity index (χ3v) is 12.7. The number of nitrogens with one attached hydrogen (secondary N) is 1. The van der Waals surface area contributed by atoms with E-state index in [-0.39, 0.29) is 12.5 Å². The van der Waals surface area contributed by atoms with Crippen LogP contribution in [-0.4, -0.2) is 68.5 Å². The van der Waals surface area contributed by atoms with Crippen LogP contribution in [-0.2, 0) is 18.4 Å². The van der Waals surface area contributed by atoms with E-state index in [9.17, 15) is 19.4 Å². The number of hydrogen-bond acceptors (Lipinski definition) is 6. The Morgan fingerprint density at radius 2 is 0.889 bits per heavy atom. The molecule has 0 radical (unpaired) electrons. The molecule has 0 aromatic rings. The van der Waals surface area contributed by atoms with Gasteiger partial charge in [0, 0.05) is 6.42 Å². The first-order chi connectivity index (χ1) is 30.5. The molecule has 0 heterocycles. The lowest BCUT2D eigenvalue weighted by atomic mass is 10.0. The zero-order valence-corrected chi connectivity index (χ0v) is 42.9. The van der Waals surface area contributed by atoms with Crippen molar-refractivity contribution < 1.29 is 32.9 Å². The summed E-state index contributed by atoms with van der Waals surface area (Å²) in [4.78, 5) is 25.4. The minimum Gasteiger partial charge on any atom is -0.756 e. The minimum absolute atomic E-state index is 0.00926. The highest BCUT2D eigenvalue weighted by molar-refractivity contribution is 7.45. The van der Waals surface area contributed by atoms with Gasteiger partial charge in [-0.3, -0.25) is 9.36 Å². The number of carbonyl (C=O) groups excluding carboxylic acids is 1. The normalized spacial score (nSPS) is 14.5. The van der Waals surface area contributed by atoms with E-state index in [4.69, 9.17) is 9.05 Å². The average molecular weight is 907 g/mol. The highest BCUT2D eigenvalue weighted by atomic mass is 31.2. The highest BCUT2D eigenvalue weighted by Gasteiger charge is 2.23. The summed E-state index contributed by atoms with van der Waals surface area (Å²) in [5, 5.41) is 13.8. The molecule has 0 rings (SSSR count). The van der Waals surface area contributed by atoms with Crippen LogP contribution in [0.3, 0.4) is 0 Å². The number of nitrogens with zero attached hydrogens (tertiary/aromatic N) is 1. The lowest BCUT2D eigenvalue weighted by molar-refractivity contribution is -0.870. The number of unbranched alkanes of at least 4 members (excludes halogenated alkanes) is 29. The molecular weight excluding hydrogens is 804 g/mol. The van der Waals surface area contributed by atoms with E-state index in [2.05, 4.69) is 55.6 Å². The van der Waals surface area contributed by atoms with Crippen LogP contribution in [0.15, 0.2) is 48.6 Å². The zero-order chi connectivity index (χ0) is 46.4. The molecule has 0 aromatic heterocycles. The number of phosphoric acid groups is 1. The Balaban J connectivity index is 4.27. The second-order valence-corrected chi connectivity index (χ2v) is 20.6. The Kier molecular flexibility index (Phi) is 44.5. The van der Waals surface area contributed by atoms with Crippen LogP contribution >= 0.6 is 7.82 Å². The van der Waals surface area contributed by atoms with Gasteiger partial charge in [-0.1, -0.05) is 210 Å². The first-order valence-electron chi connectivity index (χ1n) is 26.5. The summed E-state index contributed by atoms with van der Waals surface area (Å²) in [6.45, 7) is 4.62. The second-order valence-electron chi connectivity index (χ2n) is 19.2. The van der Waals surface area contributed by atoms with E-state index in [1.54, 1.807) is 6.08 Å². The average Bonchev–Trinajstić information content (AvgIpc) is 3.24. The summed E-state index contributed by atoms with van der Waals surface area (Å²) in [5.41, 5.74) is 0. The van der Waals surface area contributed by atoms with Crippen molar-refractivity contribution in [2.24, 2.45) is 0 Å². The van der Waals surface area contributed by atoms with Crippen LogP contribution in [0.25, 0.3) is 0 Å². The predicted octanol–water partition coefficient (Wildman–Crippen LogP) is 15.0. The van der Waals surface area contributed by atoms with E-state index in [0.29, 0.717) is 17.4 Å². The summed E-state index contributed by atoms with van der Waals surface area (Å²) in [6.07, 6.45) is 58.9. The van der Waals surface area contributed by atoms with Crippen molar-refractivity contribution in [1.82, 2.24) is 5.32 Å². The summed E-state index contributed by atoms with van der Waals surface area (Å²) in [7, 11) is 1.24. The Morgan fingerprint density at radius 3 is 1.29 bits per heavy atom. The molecule has 0 saturated carbocycles. The number of allylic oxidation sites excluding steroid dienone is 7. The van der Waals surface area contributed by atoms with Crippen molar-refractivity contribution >= 4 is 13.7 Å². The van der Waals surface area contributed by atoms with E-state index in [1.807, 2.05) is 27.2 Å². The Bertz CT molecular complexity index is 1170. The Labute approximate surface area is 390 Å². The van der Waals surface area contributed by atoms with Gasteiger partial charge in [0.25, 0.3) is 7.82 Å². The molecule has 2 N–H and O–H groups in total. The molecule has 0 spiro atoms. The second kappa shape index (κ2) is 45.6. The van der Waals surface area contributed by atoms with Gasteiger partial charge in [0.05, 0.1) is 39.9 Å². The largest absolute Gasteiger partial charge is 0.756 e. The smallest absolute Gasteiger partial charge is 0.268 e. The maximum absolute atomic E-state index is 12.9. The molecule has 0 saturated heterocycles. The topological polar surface area (TPSA) is 108 Å². The molecule has 0 fully saturated rings. The van der Waals surface area contributed by atoms with E-state index >= 15 is 0 Å². The molecule has 8 nitrogen and oxygen atoms in total. The number of carbonyl (C=O) groups is 1. The number of phosphoric ester groups is 1. The maximum Gasteiger partial charge on any atom is 0.268 e. The van der Waals surface area contributed by atoms with Gasteiger partial charge >= 0.3 is 0 Å². The van der Waals surface area contributed by atoms with Gasteiger partial charge in [-0.05, 0) is 70.6 Å². The van der Waals surface area contributed by atoms with Gasteiger partial charge < -0.3 is 28.8 Å². The van der Waals surface area contributed by atoms with Crippen molar-refractivity contribution in [2.75, 3.05) is 40.9 Å². The number of quaternary nitrogens is 1. The fourth-order valence-electron chi connectivity index (χ4n) is 7.53. The van der Waals surface area contributed by atoms with Gasteiger partial charge in [-0.15, -0.1) is 0 Å². The predicted molar refractivity (Wildman–Crippen MR) is 270 cm³/mol. The number of aliphatic hydroxyl groups is 1. The third-order valence-electron chi connectivity index (χ3n) is 11.7. The lowest BCUT2D eigenvalue weighted by Gasteiger charge is -2.29. The molecule has 9 heteroatoms. The molecule has 3 unspecified atom stereocenters. The maximum atomic E-state index is 12.9. The number of rotatable bonds is 48. The number of hydrogen-bond donors (Lipinski definition) is 2. The summed E-state index contributed by atoms with van der Waals surface area (Å²) < 4.78 is 23.3. The van der Waals surface area contributed by atoms with E-state index in [1.165, 1.54) is 173 Å². The van der Waals surface area contributed by atoms with Crippen LogP contribution in [0.2, 0.25) is 0 Å². The molecule has 1 amide bonds. The van der Waals surface area contributed by atoms with E-state index in [0.717, 1.165) is 44.9 Å². The Morgan fingerprint density at radius 1 is 0.540 bits per heavy atom. The number of likely N-dealkylation sites (N-methyl/N-ethyl adjacent to an activating group) is 1. The lowest BCUT2D eigenvalue weighted by Crippen LogP contribution is -2.45. The minimum atomic E-state index is -4.60. The van der Waals surface area contributed by atoms with Crippen LogP contribution in [0.5, 0.6) is 0 Å². The van der Waals surface area contributed by atoms with Crippen molar-refractivity contribution in [3.8, 4) is 0 Å². The van der Waals surface area contributed by atoms with Crippen LogP contribution in [0, 0.1) is 0 Å². The Hall–Kier alpha value is -1.54. The first kappa shape index (κ1) is 61.5. The van der Waals surface area contributed by atoms with Crippen LogP contribution in [0.4, 0.5) is 0 Å². The third kappa shape index (κ3) is 48.2. The zero-order valence-electron chi connectivity index (χ0n) is 42.0. The quantitative estimate of drug-likeness (QED) is 0.0272. The molecule has 370 valence electrons. The molecule has 0 aliphatic carbocycles.